The lowest BCUT2D eigenvalue weighted by Gasteiger charge is -2.24. The fourth-order valence-electron chi connectivity index (χ4n) is 3.99. The molecule has 1 aromatic rings. The van der Waals surface area contributed by atoms with Gasteiger partial charge in [-0.2, -0.15) is 4.98 Å². The summed E-state index contributed by atoms with van der Waals surface area (Å²) in [6, 6.07) is 0.0833. The molecule has 9 heteroatoms. The van der Waals surface area contributed by atoms with Gasteiger partial charge < -0.3 is 26.4 Å². The number of aliphatic imine (C=N–C) groups is 1. The number of rotatable bonds is 7. The molecule has 0 amide bonds. The number of hydrogen-bond acceptors (Lipinski definition) is 6. The van der Waals surface area contributed by atoms with Gasteiger partial charge in [-0.25, -0.2) is 4.79 Å². The summed E-state index contributed by atoms with van der Waals surface area (Å²) in [5.41, 5.74) is 11.3. The van der Waals surface area contributed by atoms with Crippen LogP contribution in [0.25, 0.3) is 0 Å². The average molecular weight is 456 g/mol. The highest BCUT2D eigenvalue weighted by Crippen LogP contribution is 2.32. The second kappa shape index (κ2) is 10.7. The largest absolute Gasteiger partial charge is 0.450 e. The third kappa shape index (κ3) is 6.95. The van der Waals surface area contributed by atoms with E-state index in [2.05, 4.69) is 53.6 Å². The highest BCUT2D eigenvalue weighted by Gasteiger charge is 2.24. The molecule has 180 valence electrons. The summed E-state index contributed by atoms with van der Waals surface area (Å²) < 4.78 is 7.79. The van der Waals surface area contributed by atoms with Crippen LogP contribution in [-0.2, 0) is 0 Å². The lowest BCUT2D eigenvalue weighted by molar-refractivity contribution is 0.278. The average Bonchev–Trinajstić information content (AvgIpc) is 2.99. The van der Waals surface area contributed by atoms with Crippen LogP contribution in [-0.4, -0.2) is 46.6 Å². The smallest absolute Gasteiger partial charge is 0.350 e. The standard InChI is InChI=1S/C24H37N7O2/c1-5-19-18(9-11-24(2,3)4)28-21-20(33-19)16-31(23(32)29-21)17-8-6-13-30(15-10-17)14-7-12-27-22(25)26/h5,9,11,16-17H,1,6-8,10,12-15H2,2-4H3,(H4,25,26,27)(H,28,29,32)/b11-9+. The number of nitrogens with one attached hydrogen (secondary N) is 1. The molecular weight excluding hydrogens is 418 g/mol. The van der Waals surface area contributed by atoms with Crippen LogP contribution in [0.15, 0.2) is 52.2 Å². The number of hydrogen-bond donors (Lipinski definition) is 3. The summed E-state index contributed by atoms with van der Waals surface area (Å²) in [6.07, 6.45) is 11.2. The molecule has 0 spiro atoms. The quantitative estimate of drug-likeness (QED) is 0.328. The van der Waals surface area contributed by atoms with Crippen molar-refractivity contribution in [2.75, 3.05) is 31.5 Å². The molecule has 0 aromatic carbocycles. The van der Waals surface area contributed by atoms with Gasteiger partial charge in [0.25, 0.3) is 0 Å². The van der Waals surface area contributed by atoms with Gasteiger partial charge >= 0.3 is 5.69 Å². The van der Waals surface area contributed by atoms with E-state index < -0.39 is 0 Å². The summed E-state index contributed by atoms with van der Waals surface area (Å²) in [4.78, 5) is 23.6. The maximum atomic E-state index is 12.9. The molecule has 0 aliphatic carbocycles. The van der Waals surface area contributed by atoms with Gasteiger partial charge in [0, 0.05) is 19.1 Å². The van der Waals surface area contributed by atoms with E-state index in [0.717, 1.165) is 51.0 Å². The first kappa shape index (κ1) is 24.6. The highest BCUT2D eigenvalue weighted by molar-refractivity contribution is 5.75. The Morgan fingerprint density at radius 1 is 1.36 bits per heavy atom. The van der Waals surface area contributed by atoms with Gasteiger partial charge in [0.2, 0.25) is 0 Å². The molecule has 33 heavy (non-hydrogen) atoms. The Morgan fingerprint density at radius 3 is 2.85 bits per heavy atom. The molecule has 2 aliphatic rings. The first-order chi connectivity index (χ1) is 15.7. The summed E-state index contributed by atoms with van der Waals surface area (Å²) in [6.45, 7) is 13.7. The van der Waals surface area contributed by atoms with Gasteiger partial charge in [-0.05, 0) is 56.3 Å². The maximum Gasteiger partial charge on any atom is 0.350 e. The monoisotopic (exact) mass is 455 g/mol. The van der Waals surface area contributed by atoms with Gasteiger partial charge in [0.05, 0.1) is 11.9 Å². The SMILES string of the molecule is C=CC1=C(/C=C/C(C)(C)C)Nc2nc(=O)n(C3CCCN(CCCN=C(N)N)CC3)cc2O1. The zero-order valence-corrected chi connectivity index (χ0v) is 20.0. The molecule has 0 saturated carbocycles. The third-order valence-electron chi connectivity index (χ3n) is 5.70. The zero-order chi connectivity index (χ0) is 24.0. The molecule has 1 unspecified atom stereocenters. The third-order valence-corrected chi connectivity index (χ3v) is 5.70. The van der Waals surface area contributed by atoms with Crippen molar-refractivity contribution in [2.45, 2.75) is 52.5 Å². The zero-order valence-electron chi connectivity index (χ0n) is 20.0. The van der Waals surface area contributed by atoms with Crippen LogP contribution in [0.5, 0.6) is 5.75 Å². The van der Waals surface area contributed by atoms with Crippen molar-refractivity contribution < 1.29 is 4.74 Å². The number of aromatic nitrogens is 2. The highest BCUT2D eigenvalue weighted by atomic mass is 16.5. The van der Waals surface area contributed by atoms with Crippen LogP contribution in [0.3, 0.4) is 0 Å². The summed E-state index contributed by atoms with van der Waals surface area (Å²) in [5, 5.41) is 3.23. The van der Waals surface area contributed by atoms with Crippen molar-refractivity contribution in [1.29, 1.82) is 0 Å². The second-order valence-corrected chi connectivity index (χ2v) is 9.64. The second-order valence-electron chi connectivity index (χ2n) is 9.64. The van der Waals surface area contributed by atoms with Gasteiger partial charge in [-0.1, -0.05) is 33.4 Å². The molecule has 0 radical (unpaired) electrons. The van der Waals surface area contributed by atoms with E-state index in [1.807, 2.05) is 6.08 Å². The van der Waals surface area contributed by atoms with E-state index in [0.29, 0.717) is 23.9 Å². The Hall–Kier alpha value is -3.07. The molecule has 3 rings (SSSR count). The van der Waals surface area contributed by atoms with E-state index in [9.17, 15) is 4.79 Å². The normalized spacial score (nSPS) is 19.4. The van der Waals surface area contributed by atoms with E-state index in [-0.39, 0.29) is 23.1 Å². The van der Waals surface area contributed by atoms with Crippen molar-refractivity contribution in [3.05, 3.63) is 52.9 Å². The first-order valence-electron chi connectivity index (χ1n) is 11.6. The Balaban J connectivity index is 1.71. The minimum atomic E-state index is -0.266. The fraction of sp³-hybridized carbons (Fsp3) is 0.542. The molecule has 1 saturated heterocycles. The molecule has 3 heterocycles. The number of anilines is 1. The summed E-state index contributed by atoms with van der Waals surface area (Å²) in [5.74, 6) is 1.72. The molecule has 9 nitrogen and oxygen atoms in total. The van der Waals surface area contributed by atoms with Crippen LogP contribution in [0.2, 0.25) is 0 Å². The van der Waals surface area contributed by atoms with Crippen molar-refractivity contribution >= 4 is 11.8 Å². The predicted octanol–water partition coefficient (Wildman–Crippen LogP) is 2.74. The van der Waals surface area contributed by atoms with Crippen LogP contribution in [0.1, 0.15) is 52.5 Å². The molecule has 5 N–H and O–H groups in total. The van der Waals surface area contributed by atoms with E-state index >= 15 is 0 Å². The lowest BCUT2D eigenvalue weighted by atomic mass is 9.96. The van der Waals surface area contributed by atoms with Crippen molar-refractivity contribution in [2.24, 2.45) is 21.9 Å². The maximum absolute atomic E-state index is 12.9. The van der Waals surface area contributed by atoms with Gasteiger partial charge in [-0.15, -0.1) is 0 Å². The number of ether oxygens (including phenoxy) is 1. The van der Waals surface area contributed by atoms with Crippen molar-refractivity contribution in [3.63, 3.8) is 0 Å². The topological polar surface area (TPSA) is 124 Å². The van der Waals surface area contributed by atoms with Gasteiger partial charge in [0.1, 0.15) is 0 Å². The van der Waals surface area contributed by atoms with Crippen molar-refractivity contribution in [3.8, 4) is 5.75 Å². The number of nitrogens with zero attached hydrogens (tertiary/aromatic N) is 4. The van der Waals surface area contributed by atoms with E-state index in [1.165, 1.54) is 0 Å². The van der Waals surface area contributed by atoms with Crippen LogP contribution in [0.4, 0.5) is 5.82 Å². The van der Waals surface area contributed by atoms with Crippen LogP contribution >= 0.6 is 0 Å². The number of guanidine groups is 1. The molecule has 2 aliphatic heterocycles. The predicted molar refractivity (Wildman–Crippen MR) is 133 cm³/mol. The number of nitrogens with two attached hydrogens (primary N) is 2. The molecule has 1 aromatic heterocycles. The lowest BCUT2D eigenvalue weighted by Crippen LogP contribution is -2.30. The minimum absolute atomic E-state index is 0.0103. The number of fused-ring (bicyclic) bond motifs is 1. The van der Waals surface area contributed by atoms with Gasteiger partial charge in [-0.3, -0.25) is 9.56 Å². The number of likely N-dealkylation sites (tertiary alicyclic amines) is 1. The first-order valence-corrected chi connectivity index (χ1v) is 11.6. The molecule has 0 bridgehead atoms. The fourth-order valence-corrected chi connectivity index (χ4v) is 3.99. The summed E-state index contributed by atoms with van der Waals surface area (Å²) in [7, 11) is 0. The Kier molecular flexibility index (Phi) is 7.97. The Labute approximate surface area is 195 Å². The van der Waals surface area contributed by atoms with E-state index in [1.54, 1.807) is 16.8 Å². The molecular formula is C24H37N7O2. The Bertz CT molecular complexity index is 997. The summed E-state index contributed by atoms with van der Waals surface area (Å²) >= 11 is 0. The van der Waals surface area contributed by atoms with Crippen LogP contribution < -0.4 is 27.2 Å². The Morgan fingerprint density at radius 2 is 2.15 bits per heavy atom. The van der Waals surface area contributed by atoms with Gasteiger partial charge in [0.15, 0.2) is 23.3 Å². The minimum Gasteiger partial charge on any atom is -0.450 e. The van der Waals surface area contributed by atoms with Crippen LogP contribution in [0, 0.1) is 5.41 Å². The molecule has 1 atom stereocenters. The van der Waals surface area contributed by atoms with E-state index in [4.69, 9.17) is 16.2 Å². The molecule has 1 fully saturated rings. The van der Waals surface area contributed by atoms with Crippen molar-refractivity contribution in [1.82, 2.24) is 14.5 Å². The number of allylic oxidation sites excluding steroid dienone is 3.